The van der Waals surface area contributed by atoms with Gasteiger partial charge < -0.3 is 0 Å². The first kappa shape index (κ1) is 18.7. The summed E-state index contributed by atoms with van der Waals surface area (Å²) in [6, 6.07) is 7.98. The van der Waals surface area contributed by atoms with Gasteiger partial charge in [0, 0.05) is 19.3 Å². The molecule has 1 N–H and O–H groups in total. The van der Waals surface area contributed by atoms with Gasteiger partial charge in [-0.2, -0.15) is 5.10 Å². The summed E-state index contributed by atoms with van der Waals surface area (Å²) in [6.07, 6.45) is 3.31. The standard InChI is InChI=1S/C18H27N3O2S/c1-6-13(3)15-8-10-16(11-9-15)17(7-2)20-24(22,23)18-12-21(5)19-14(18)4/h8-13,17,20H,6-7H2,1-5H3. The Morgan fingerprint density at radius 3 is 2.17 bits per heavy atom. The van der Waals surface area contributed by atoms with Gasteiger partial charge in [-0.25, -0.2) is 13.1 Å². The van der Waals surface area contributed by atoms with E-state index in [1.807, 2.05) is 19.1 Å². The molecule has 0 fully saturated rings. The number of hydrogen-bond acceptors (Lipinski definition) is 3. The maximum atomic E-state index is 12.7. The van der Waals surface area contributed by atoms with E-state index in [1.165, 1.54) is 16.4 Å². The van der Waals surface area contributed by atoms with Crippen LogP contribution >= 0.6 is 0 Å². The van der Waals surface area contributed by atoms with Crippen molar-refractivity contribution in [2.45, 2.75) is 57.4 Å². The molecule has 132 valence electrons. The fraction of sp³-hybridized carbons (Fsp3) is 0.500. The van der Waals surface area contributed by atoms with E-state index in [9.17, 15) is 8.42 Å². The molecule has 0 saturated heterocycles. The van der Waals surface area contributed by atoms with E-state index < -0.39 is 10.0 Å². The van der Waals surface area contributed by atoms with Gasteiger partial charge in [0.15, 0.2) is 0 Å². The maximum Gasteiger partial charge on any atom is 0.244 e. The zero-order chi connectivity index (χ0) is 17.9. The van der Waals surface area contributed by atoms with E-state index in [1.54, 1.807) is 14.0 Å². The van der Waals surface area contributed by atoms with Crippen molar-refractivity contribution in [3.8, 4) is 0 Å². The van der Waals surface area contributed by atoms with Gasteiger partial charge in [-0.1, -0.05) is 45.0 Å². The Hall–Kier alpha value is -1.66. The first-order chi connectivity index (χ1) is 11.3. The summed E-state index contributed by atoms with van der Waals surface area (Å²) >= 11 is 0. The number of benzene rings is 1. The van der Waals surface area contributed by atoms with Crippen LogP contribution in [0.2, 0.25) is 0 Å². The van der Waals surface area contributed by atoms with Gasteiger partial charge >= 0.3 is 0 Å². The molecule has 1 aromatic heterocycles. The van der Waals surface area contributed by atoms with Crippen molar-refractivity contribution in [1.29, 1.82) is 0 Å². The van der Waals surface area contributed by atoms with E-state index in [0.717, 1.165) is 12.0 Å². The molecule has 5 nitrogen and oxygen atoms in total. The second kappa shape index (κ2) is 7.49. The van der Waals surface area contributed by atoms with Crippen LogP contribution in [0.3, 0.4) is 0 Å². The van der Waals surface area contributed by atoms with Gasteiger partial charge in [0.05, 0.1) is 5.69 Å². The molecule has 24 heavy (non-hydrogen) atoms. The van der Waals surface area contributed by atoms with Crippen molar-refractivity contribution in [3.63, 3.8) is 0 Å². The summed E-state index contributed by atoms with van der Waals surface area (Å²) in [5.74, 6) is 0.508. The predicted octanol–water partition coefficient (Wildman–Crippen LogP) is 3.67. The molecule has 0 amide bonds. The third kappa shape index (κ3) is 4.05. The minimum Gasteiger partial charge on any atom is -0.274 e. The molecule has 2 atom stereocenters. The maximum absolute atomic E-state index is 12.7. The number of aryl methyl sites for hydroxylation is 2. The number of sulfonamides is 1. The molecular formula is C18H27N3O2S. The molecule has 0 aliphatic heterocycles. The monoisotopic (exact) mass is 349 g/mol. The fourth-order valence-electron chi connectivity index (χ4n) is 2.77. The van der Waals surface area contributed by atoms with Crippen LogP contribution < -0.4 is 4.72 Å². The topological polar surface area (TPSA) is 64.0 Å². The van der Waals surface area contributed by atoms with Crippen molar-refractivity contribution in [3.05, 3.63) is 47.3 Å². The molecule has 0 spiro atoms. The zero-order valence-electron chi connectivity index (χ0n) is 15.1. The third-order valence-electron chi connectivity index (χ3n) is 4.48. The molecule has 1 aromatic carbocycles. The van der Waals surface area contributed by atoms with E-state index in [0.29, 0.717) is 18.0 Å². The van der Waals surface area contributed by atoms with E-state index in [-0.39, 0.29) is 10.9 Å². The highest BCUT2D eigenvalue weighted by Crippen LogP contribution is 2.24. The average Bonchev–Trinajstić information content (AvgIpc) is 2.91. The fourth-order valence-corrected chi connectivity index (χ4v) is 4.30. The van der Waals surface area contributed by atoms with Crippen LogP contribution in [0.5, 0.6) is 0 Å². The van der Waals surface area contributed by atoms with Crippen molar-refractivity contribution < 1.29 is 8.42 Å². The summed E-state index contributed by atoms with van der Waals surface area (Å²) < 4.78 is 29.7. The Bertz CT molecular complexity index is 779. The van der Waals surface area contributed by atoms with Crippen LogP contribution in [0.25, 0.3) is 0 Å². The van der Waals surface area contributed by atoms with E-state index in [2.05, 4.69) is 35.8 Å². The molecule has 1 heterocycles. The second-order valence-corrected chi connectivity index (χ2v) is 7.99. The van der Waals surface area contributed by atoms with Crippen molar-refractivity contribution in [1.82, 2.24) is 14.5 Å². The summed E-state index contributed by atoms with van der Waals surface area (Å²) in [5.41, 5.74) is 2.77. The number of hydrogen-bond donors (Lipinski definition) is 1. The van der Waals surface area contributed by atoms with Gasteiger partial charge in [-0.3, -0.25) is 4.68 Å². The van der Waals surface area contributed by atoms with Crippen LogP contribution in [0.15, 0.2) is 35.4 Å². The molecule has 0 aliphatic rings. The van der Waals surface area contributed by atoms with Gasteiger partial charge in [0.2, 0.25) is 10.0 Å². The van der Waals surface area contributed by atoms with Crippen molar-refractivity contribution >= 4 is 10.0 Å². The largest absolute Gasteiger partial charge is 0.274 e. The highest BCUT2D eigenvalue weighted by Gasteiger charge is 2.24. The predicted molar refractivity (Wildman–Crippen MR) is 96.4 cm³/mol. The smallest absolute Gasteiger partial charge is 0.244 e. The van der Waals surface area contributed by atoms with Crippen LogP contribution in [-0.4, -0.2) is 18.2 Å². The SMILES string of the molecule is CCC(C)c1ccc(C(CC)NS(=O)(=O)c2cn(C)nc2C)cc1. The first-order valence-electron chi connectivity index (χ1n) is 8.40. The summed E-state index contributed by atoms with van der Waals surface area (Å²) in [4.78, 5) is 0.236. The normalized spacial score (nSPS) is 14.5. The number of rotatable bonds is 7. The highest BCUT2D eigenvalue weighted by molar-refractivity contribution is 7.89. The number of nitrogens with zero attached hydrogens (tertiary/aromatic N) is 2. The molecule has 0 bridgehead atoms. The van der Waals surface area contributed by atoms with Crippen LogP contribution in [0.4, 0.5) is 0 Å². The second-order valence-electron chi connectivity index (χ2n) is 6.31. The molecule has 0 aliphatic carbocycles. The number of nitrogens with one attached hydrogen (secondary N) is 1. The van der Waals surface area contributed by atoms with Crippen LogP contribution in [0, 0.1) is 6.92 Å². The molecule has 6 heteroatoms. The van der Waals surface area contributed by atoms with Crippen LogP contribution in [0.1, 0.15) is 62.4 Å². The third-order valence-corrected chi connectivity index (χ3v) is 6.06. The molecular weight excluding hydrogens is 322 g/mol. The molecule has 0 saturated carbocycles. The molecule has 2 unspecified atom stereocenters. The average molecular weight is 350 g/mol. The Morgan fingerprint density at radius 2 is 1.71 bits per heavy atom. The lowest BCUT2D eigenvalue weighted by atomic mass is 9.96. The summed E-state index contributed by atoms with van der Waals surface area (Å²) in [7, 11) is -1.87. The highest BCUT2D eigenvalue weighted by atomic mass is 32.2. The molecule has 2 rings (SSSR count). The van der Waals surface area contributed by atoms with Gasteiger partial charge in [0.1, 0.15) is 4.90 Å². The minimum absolute atomic E-state index is 0.236. The van der Waals surface area contributed by atoms with Gasteiger partial charge in [-0.15, -0.1) is 0 Å². The van der Waals surface area contributed by atoms with Crippen molar-refractivity contribution in [2.24, 2.45) is 7.05 Å². The minimum atomic E-state index is -3.59. The molecule has 0 radical (unpaired) electrons. The Morgan fingerprint density at radius 1 is 1.12 bits per heavy atom. The quantitative estimate of drug-likeness (QED) is 0.829. The lowest BCUT2D eigenvalue weighted by molar-refractivity contribution is 0.549. The van der Waals surface area contributed by atoms with Gasteiger partial charge in [-0.05, 0) is 36.8 Å². The zero-order valence-corrected chi connectivity index (χ0v) is 15.9. The number of aromatic nitrogens is 2. The summed E-state index contributed by atoms with van der Waals surface area (Å²) in [5, 5.41) is 4.12. The Labute approximate surface area is 145 Å². The van der Waals surface area contributed by atoms with Gasteiger partial charge in [0.25, 0.3) is 0 Å². The molecule has 2 aromatic rings. The lowest BCUT2D eigenvalue weighted by Crippen LogP contribution is -2.28. The summed E-state index contributed by atoms with van der Waals surface area (Å²) in [6.45, 7) is 8.04. The Balaban J connectivity index is 2.24. The van der Waals surface area contributed by atoms with E-state index >= 15 is 0 Å². The van der Waals surface area contributed by atoms with Crippen molar-refractivity contribution in [2.75, 3.05) is 0 Å². The van der Waals surface area contributed by atoms with E-state index in [4.69, 9.17) is 0 Å². The Kier molecular flexibility index (Phi) is 5.83. The lowest BCUT2D eigenvalue weighted by Gasteiger charge is -2.18. The first-order valence-corrected chi connectivity index (χ1v) is 9.89. The van der Waals surface area contributed by atoms with Crippen LogP contribution in [-0.2, 0) is 17.1 Å².